The second-order valence-corrected chi connectivity index (χ2v) is 7.35. The van der Waals surface area contributed by atoms with E-state index in [9.17, 15) is 18.3 Å². The molecule has 0 atom stereocenters. The summed E-state index contributed by atoms with van der Waals surface area (Å²) in [5.41, 5.74) is 0.621. The highest BCUT2D eigenvalue weighted by molar-refractivity contribution is 7.93. The summed E-state index contributed by atoms with van der Waals surface area (Å²) in [6.45, 7) is 1.56. The van der Waals surface area contributed by atoms with Gasteiger partial charge in [0.25, 0.3) is 10.0 Å². The number of sulfonamides is 1. The molecule has 134 valence electrons. The Morgan fingerprint density at radius 2 is 1.69 bits per heavy atom. The Bertz CT molecular complexity index is 1110. The number of rotatable bonds is 5. The van der Waals surface area contributed by atoms with Gasteiger partial charge in [0, 0.05) is 10.8 Å². The number of methoxy groups -OCH3 is 1. The molecular weight excluding hydrogens is 354 g/mol. The number of aromatic carboxylic acids is 1. The zero-order valence-corrected chi connectivity index (χ0v) is 15.0. The number of fused-ring (bicyclic) bond motifs is 1. The largest absolute Gasteiger partial charge is 0.496 e. The molecule has 0 fully saturated rings. The number of benzene rings is 3. The minimum atomic E-state index is -3.93. The van der Waals surface area contributed by atoms with E-state index in [1.54, 1.807) is 37.3 Å². The zero-order valence-electron chi connectivity index (χ0n) is 14.2. The Hall–Kier alpha value is -3.06. The summed E-state index contributed by atoms with van der Waals surface area (Å²) in [5.74, 6) is -0.540. The van der Waals surface area contributed by atoms with Gasteiger partial charge in [0.05, 0.1) is 23.3 Å². The third kappa shape index (κ3) is 3.09. The fourth-order valence-corrected chi connectivity index (χ4v) is 4.17. The van der Waals surface area contributed by atoms with Crippen LogP contribution in [0.25, 0.3) is 10.8 Å². The molecule has 3 rings (SSSR count). The van der Waals surface area contributed by atoms with Crippen molar-refractivity contribution in [3.05, 3.63) is 65.7 Å². The van der Waals surface area contributed by atoms with Gasteiger partial charge in [-0.15, -0.1) is 0 Å². The number of nitrogens with one attached hydrogen (secondary N) is 1. The molecule has 0 aliphatic carbocycles. The third-order valence-corrected chi connectivity index (χ3v) is 5.59. The van der Waals surface area contributed by atoms with Crippen LogP contribution in [0.5, 0.6) is 5.75 Å². The van der Waals surface area contributed by atoms with Gasteiger partial charge >= 0.3 is 5.97 Å². The van der Waals surface area contributed by atoms with Crippen LogP contribution in [0.1, 0.15) is 15.9 Å². The van der Waals surface area contributed by atoms with Gasteiger partial charge in [0.1, 0.15) is 5.75 Å². The number of carboxylic acid groups (broad SMARTS) is 1. The van der Waals surface area contributed by atoms with Crippen molar-refractivity contribution in [2.24, 2.45) is 0 Å². The maximum absolute atomic E-state index is 12.9. The summed E-state index contributed by atoms with van der Waals surface area (Å²) >= 11 is 0. The first-order valence-corrected chi connectivity index (χ1v) is 9.25. The SMILES string of the molecule is COc1ccc(S(=O)(=O)Nc2cccc(C(=O)O)c2C)c2ccccc12. The number of ether oxygens (including phenoxy) is 1. The monoisotopic (exact) mass is 371 g/mol. The van der Waals surface area contributed by atoms with Crippen LogP contribution in [0.2, 0.25) is 0 Å². The summed E-state index contributed by atoms with van der Waals surface area (Å²) in [5, 5.41) is 10.4. The first-order chi connectivity index (χ1) is 12.3. The summed E-state index contributed by atoms with van der Waals surface area (Å²) < 4.78 is 33.7. The molecule has 3 aromatic carbocycles. The van der Waals surface area contributed by atoms with Crippen LogP contribution in [-0.4, -0.2) is 26.6 Å². The second-order valence-electron chi connectivity index (χ2n) is 5.70. The van der Waals surface area contributed by atoms with Crippen molar-refractivity contribution in [3.8, 4) is 5.75 Å². The van der Waals surface area contributed by atoms with Crippen LogP contribution in [-0.2, 0) is 10.0 Å². The average Bonchev–Trinajstić information content (AvgIpc) is 2.62. The van der Waals surface area contributed by atoms with Gasteiger partial charge in [0.15, 0.2) is 0 Å². The maximum Gasteiger partial charge on any atom is 0.336 e. The molecular formula is C19H17NO5S. The number of carboxylic acids is 1. The van der Waals surface area contributed by atoms with Gasteiger partial charge < -0.3 is 9.84 Å². The lowest BCUT2D eigenvalue weighted by atomic mass is 10.1. The predicted octanol–water partition coefficient (Wildman–Crippen LogP) is 3.66. The van der Waals surface area contributed by atoms with E-state index >= 15 is 0 Å². The van der Waals surface area contributed by atoms with Crippen LogP contribution >= 0.6 is 0 Å². The first-order valence-electron chi connectivity index (χ1n) is 7.76. The van der Waals surface area contributed by atoms with Crippen LogP contribution in [0.15, 0.2) is 59.5 Å². The Morgan fingerprint density at radius 1 is 1.00 bits per heavy atom. The van der Waals surface area contributed by atoms with Crippen LogP contribution < -0.4 is 9.46 Å². The van der Waals surface area contributed by atoms with Crippen molar-refractivity contribution in [1.82, 2.24) is 0 Å². The topological polar surface area (TPSA) is 92.7 Å². The Balaban J connectivity index is 2.12. The van der Waals surface area contributed by atoms with E-state index in [2.05, 4.69) is 4.72 Å². The predicted molar refractivity (Wildman–Crippen MR) is 99.4 cm³/mol. The van der Waals surface area contributed by atoms with E-state index in [1.807, 2.05) is 0 Å². The molecule has 0 bridgehead atoms. The van der Waals surface area contributed by atoms with E-state index < -0.39 is 16.0 Å². The van der Waals surface area contributed by atoms with Crippen LogP contribution in [0, 0.1) is 6.92 Å². The van der Waals surface area contributed by atoms with E-state index in [0.29, 0.717) is 22.1 Å². The average molecular weight is 371 g/mol. The van der Waals surface area contributed by atoms with Gasteiger partial charge in [-0.1, -0.05) is 30.3 Å². The van der Waals surface area contributed by atoms with Gasteiger partial charge in [-0.05, 0) is 36.8 Å². The Kier molecular flexibility index (Phi) is 4.56. The fourth-order valence-electron chi connectivity index (χ4n) is 2.83. The number of hydrogen-bond acceptors (Lipinski definition) is 4. The van der Waals surface area contributed by atoms with Crippen molar-refractivity contribution >= 4 is 32.5 Å². The lowest BCUT2D eigenvalue weighted by Gasteiger charge is -2.14. The molecule has 7 heteroatoms. The van der Waals surface area contributed by atoms with E-state index in [4.69, 9.17) is 4.74 Å². The lowest BCUT2D eigenvalue weighted by Crippen LogP contribution is -2.15. The van der Waals surface area contributed by atoms with Gasteiger partial charge in [-0.25, -0.2) is 13.2 Å². The molecule has 6 nitrogen and oxygen atoms in total. The molecule has 2 N–H and O–H groups in total. The summed E-state index contributed by atoms with van der Waals surface area (Å²) in [4.78, 5) is 11.4. The highest BCUT2D eigenvalue weighted by Crippen LogP contribution is 2.32. The fraction of sp³-hybridized carbons (Fsp3) is 0.105. The lowest BCUT2D eigenvalue weighted by molar-refractivity contribution is 0.0696. The summed E-state index contributed by atoms with van der Waals surface area (Å²) in [6, 6.07) is 14.6. The molecule has 3 aromatic rings. The quantitative estimate of drug-likeness (QED) is 0.714. The van der Waals surface area contributed by atoms with Crippen molar-refractivity contribution < 1.29 is 23.1 Å². The smallest absolute Gasteiger partial charge is 0.336 e. The molecule has 0 aliphatic heterocycles. The standard InChI is InChI=1S/C19H17NO5S/c1-12-13(19(21)22)8-5-9-16(12)20-26(23,24)18-11-10-17(25-2)14-6-3-4-7-15(14)18/h3-11,20H,1-2H3,(H,21,22). The highest BCUT2D eigenvalue weighted by Gasteiger charge is 2.21. The number of anilines is 1. The van der Waals surface area contributed by atoms with E-state index in [0.717, 1.165) is 0 Å². The Morgan fingerprint density at radius 3 is 2.35 bits per heavy atom. The molecule has 0 amide bonds. The molecule has 0 spiro atoms. The molecule has 0 saturated heterocycles. The zero-order chi connectivity index (χ0) is 18.9. The molecule has 0 unspecified atom stereocenters. The van der Waals surface area contributed by atoms with E-state index in [1.165, 1.54) is 31.4 Å². The molecule has 0 aromatic heterocycles. The summed E-state index contributed by atoms with van der Waals surface area (Å²) in [6.07, 6.45) is 0. The Labute approximate surface area is 151 Å². The van der Waals surface area contributed by atoms with Crippen molar-refractivity contribution in [1.29, 1.82) is 0 Å². The third-order valence-electron chi connectivity index (χ3n) is 4.16. The minimum absolute atomic E-state index is 0.0461. The molecule has 0 saturated carbocycles. The first kappa shape index (κ1) is 17.8. The molecule has 0 heterocycles. The molecule has 26 heavy (non-hydrogen) atoms. The molecule has 0 radical (unpaired) electrons. The van der Waals surface area contributed by atoms with Gasteiger partial charge in [0.2, 0.25) is 0 Å². The maximum atomic E-state index is 12.9. The van der Waals surface area contributed by atoms with E-state index in [-0.39, 0.29) is 16.1 Å². The number of carbonyl (C=O) groups is 1. The van der Waals surface area contributed by atoms with Gasteiger partial charge in [-0.2, -0.15) is 0 Å². The summed E-state index contributed by atoms with van der Waals surface area (Å²) in [7, 11) is -2.41. The normalized spacial score (nSPS) is 11.3. The van der Waals surface area contributed by atoms with Crippen molar-refractivity contribution in [2.45, 2.75) is 11.8 Å². The van der Waals surface area contributed by atoms with Crippen LogP contribution in [0.3, 0.4) is 0 Å². The number of hydrogen-bond donors (Lipinski definition) is 2. The van der Waals surface area contributed by atoms with Crippen LogP contribution in [0.4, 0.5) is 5.69 Å². The minimum Gasteiger partial charge on any atom is -0.496 e. The van der Waals surface area contributed by atoms with Gasteiger partial charge in [-0.3, -0.25) is 4.72 Å². The van der Waals surface area contributed by atoms with Crippen molar-refractivity contribution in [2.75, 3.05) is 11.8 Å². The molecule has 0 aliphatic rings. The van der Waals surface area contributed by atoms with Crippen molar-refractivity contribution in [3.63, 3.8) is 0 Å². The highest BCUT2D eigenvalue weighted by atomic mass is 32.2. The second kappa shape index (κ2) is 6.68.